The number of hydrogen-bond acceptors (Lipinski definition) is 5. The number of methoxy groups -OCH3 is 1. The Bertz CT molecular complexity index is 659. The second-order valence-corrected chi connectivity index (χ2v) is 4.52. The minimum Gasteiger partial charge on any atom is -0.433 e. The van der Waals surface area contributed by atoms with Crippen LogP contribution >= 0.6 is 0 Å². The fraction of sp³-hybridized carbons (Fsp3) is 0.286. The van der Waals surface area contributed by atoms with Crippen molar-refractivity contribution in [2.24, 2.45) is 4.99 Å². The maximum atomic E-state index is 13.8. The van der Waals surface area contributed by atoms with Gasteiger partial charge in [0.15, 0.2) is 18.4 Å². The van der Waals surface area contributed by atoms with Crippen molar-refractivity contribution in [3.8, 4) is 0 Å². The third-order valence-electron chi connectivity index (χ3n) is 2.85. The van der Waals surface area contributed by atoms with Crippen LogP contribution in [0.25, 0.3) is 0 Å². The number of ether oxygens (including phenoxy) is 2. The number of benzene rings is 1. The van der Waals surface area contributed by atoms with Crippen molar-refractivity contribution in [1.82, 2.24) is 5.32 Å². The number of rotatable bonds is 4. The van der Waals surface area contributed by atoms with E-state index < -0.39 is 29.5 Å². The Morgan fingerprint density at radius 2 is 1.95 bits per heavy atom. The van der Waals surface area contributed by atoms with Crippen LogP contribution in [-0.2, 0) is 14.3 Å². The maximum Gasteiger partial charge on any atom is 0.376 e. The molecule has 0 amide bonds. The van der Waals surface area contributed by atoms with Gasteiger partial charge in [-0.1, -0.05) is 0 Å². The van der Waals surface area contributed by atoms with Gasteiger partial charge in [0.05, 0.1) is 0 Å². The van der Waals surface area contributed by atoms with Gasteiger partial charge in [-0.25, -0.2) is 23.0 Å². The Hall–Kier alpha value is -2.35. The Kier molecular flexibility index (Phi) is 4.81. The molecular formula is C14H13F3N2O3. The lowest BCUT2D eigenvalue weighted by Crippen LogP contribution is -2.35. The molecule has 1 atom stereocenters. The molecule has 2 rings (SSSR count). The van der Waals surface area contributed by atoms with Crippen molar-refractivity contribution in [3.05, 3.63) is 46.9 Å². The molecule has 1 heterocycles. The first-order valence-corrected chi connectivity index (χ1v) is 6.26. The number of nitrogens with zero attached hydrogens (tertiary/aromatic N) is 1. The highest BCUT2D eigenvalue weighted by atomic mass is 19.2. The lowest BCUT2D eigenvalue weighted by Gasteiger charge is -2.20. The van der Waals surface area contributed by atoms with Crippen LogP contribution in [0.3, 0.4) is 0 Å². The molecular weight excluding hydrogens is 301 g/mol. The van der Waals surface area contributed by atoms with Crippen LogP contribution in [0.5, 0.6) is 0 Å². The Morgan fingerprint density at radius 3 is 2.64 bits per heavy atom. The third kappa shape index (κ3) is 3.45. The molecule has 0 bridgehead atoms. The van der Waals surface area contributed by atoms with E-state index in [0.29, 0.717) is 17.8 Å². The summed E-state index contributed by atoms with van der Waals surface area (Å²) >= 11 is 0. The minimum atomic E-state index is -1.29. The number of aliphatic imine (C=N–C) groups is 1. The smallest absolute Gasteiger partial charge is 0.376 e. The number of halogens is 3. The van der Waals surface area contributed by atoms with E-state index in [0.717, 1.165) is 0 Å². The fourth-order valence-corrected chi connectivity index (χ4v) is 1.88. The SMILES string of the molecule is COCOC(=O)C1=NC(c2cc(F)c(F)cc2F)C=C(C)N1. The second-order valence-electron chi connectivity index (χ2n) is 4.52. The lowest BCUT2D eigenvalue weighted by molar-refractivity contribution is -0.145. The second kappa shape index (κ2) is 6.61. The molecule has 1 unspecified atom stereocenters. The van der Waals surface area contributed by atoms with Gasteiger partial charge in [-0.2, -0.15) is 0 Å². The van der Waals surface area contributed by atoms with E-state index in [2.05, 4.69) is 15.0 Å². The number of esters is 1. The van der Waals surface area contributed by atoms with Gasteiger partial charge in [0, 0.05) is 24.4 Å². The molecule has 1 aliphatic rings. The number of amidine groups is 1. The van der Waals surface area contributed by atoms with Gasteiger partial charge in [0.25, 0.3) is 0 Å². The normalized spacial score (nSPS) is 17.4. The fourth-order valence-electron chi connectivity index (χ4n) is 1.88. The van der Waals surface area contributed by atoms with Crippen molar-refractivity contribution in [3.63, 3.8) is 0 Å². The van der Waals surface area contributed by atoms with E-state index in [1.54, 1.807) is 6.92 Å². The summed E-state index contributed by atoms with van der Waals surface area (Å²) < 4.78 is 49.4. The van der Waals surface area contributed by atoms with Gasteiger partial charge >= 0.3 is 5.97 Å². The highest BCUT2D eigenvalue weighted by molar-refractivity contribution is 6.36. The van der Waals surface area contributed by atoms with Gasteiger partial charge in [-0.15, -0.1) is 0 Å². The Labute approximate surface area is 124 Å². The van der Waals surface area contributed by atoms with E-state index in [4.69, 9.17) is 4.74 Å². The highest BCUT2D eigenvalue weighted by Gasteiger charge is 2.24. The number of allylic oxidation sites excluding steroid dienone is 1. The van der Waals surface area contributed by atoms with Crippen LogP contribution in [0.4, 0.5) is 13.2 Å². The van der Waals surface area contributed by atoms with Gasteiger partial charge in [0.2, 0.25) is 5.84 Å². The first kappa shape index (κ1) is 16.0. The minimum absolute atomic E-state index is 0.175. The zero-order valence-corrected chi connectivity index (χ0v) is 11.8. The molecule has 0 spiro atoms. The van der Waals surface area contributed by atoms with E-state index in [-0.39, 0.29) is 18.2 Å². The monoisotopic (exact) mass is 314 g/mol. The molecule has 1 aromatic carbocycles. The summed E-state index contributed by atoms with van der Waals surface area (Å²) in [4.78, 5) is 15.7. The Balaban J connectivity index is 2.33. The van der Waals surface area contributed by atoms with Gasteiger partial charge < -0.3 is 14.8 Å². The molecule has 0 radical (unpaired) electrons. The quantitative estimate of drug-likeness (QED) is 0.526. The van der Waals surface area contributed by atoms with Gasteiger partial charge in [-0.3, -0.25) is 0 Å². The molecule has 0 saturated heterocycles. The standard InChI is InChI=1S/C14H13F3N2O3/c1-7-3-12(8-4-10(16)11(17)5-9(8)15)19-13(18-7)14(20)22-6-21-2/h3-5,12H,6H2,1-2H3,(H,18,19). The van der Waals surface area contributed by atoms with Gasteiger partial charge in [-0.05, 0) is 19.1 Å². The molecule has 22 heavy (non-hydrogen) atoms. The molecule has 5 nitrogen and oxygen atoms in total. The van der Waals surface area contributed by atoms with Crippen LogP contribution < -0.4 is 5.32 Å². The molecule has 8 heteroatoms. The summed E-state index contributed by atoms with van der Waals surface area (Å²) in [5.41, 5.74) is 0.310. The van der Waals surface area contributed by atoms with Crippen LogP contribution in [0.2, 0.25) is 0 Å². The van der Waals surface area contributed by atoms with E-state index >= 15 is 0 Å². The average molecular weight is 314 g/mol. The zero-order chi connectivity index (χ0) is 16.3. The summed E-state index contributed by atoms with van der Waals surface area (Å²) in [7, 11) is 1.34. The van der Waals surface area contributed by atoms with Crippen molar-refractivity contribution in [2.75, 3.05) is 13.9 Å². The van der Waals surface area contributed by atoms with E-state index in [1.165, 1.54) is 13.2 Å². The summed E-state index contributed by atoms with van der Waals surface area (Å²) in [6.07, 6.45) is 1.48. The van der Waals surface area contributed by atoms with Crippen molar-refractivity contribution in [2.45, 2.75) is 13.0 Å². The molecule has 118 valence electrons. The number of carbonyl (C=O) groups is 1. The molecule has 0 saturated carbocycles. The zero-order valence-electron chi connectivity index (χ0n) is 11.8. The summed E-state index contributed by atoms with van der Waals surface area (Å²) in [6.45, 7) is 1.34. The van der Waals surface area contributed by atoms with Crippen molar-refractivity contribution >= 4 is 11.8 Å². The van der Waals surface area contributed by atoms with Gasteiger partial charge in [0.1, 0.15) is 11.9 Å². The number of nitrogens with one attached hydrogen (secondary N) is 1. The molecule has 0 aliphatic carbocycles. The van der Waals surface area contributed by atoms with Crippen molar-refractivity contribution in [1.29, 1.82) is 0 Å². The first-order chi connectivity index (χ1) is 10.4. The average Bonchev–Trinajstić information content (AvgIpc) is 2.47. The third-order valence-corrected chi connectivity index (χ3v) is 2.85. The summed E-state index contributed by atoms with van der Waals surface area (Å²) in [5.74, 6) is -4.42. The predicted octanol–water partition coefficient (Wildman–Crippen LogP) is 2.20. The predicted molar refractivity (Wildman–Crippen MR) is 71.4 cm³/mol. The molecule has 1 aliphatic heterocycles. The van der Waals surface area contributed by atoms with Crippen LogP contribution in [0.15, 0.2) is 28.9 Å². The highest BCUT2D eigenvalue weighted by Crippen LogP contribution is 2.27. The lowest BCUT2D eigenvalue weighted by atomic mass is 10.0. The van der Waals surface area contributed by atoms with Crippen LogP contribution in [0.1, 0.15) is 18.5 Å². The van der Waals surface area contributed by atoms with E-state index in [1.807, 2.05) is 0 Å². The molecule has 0 aromatic heterocycles. The van der Waals surface area contributed by atoms with Crippen LogP contribution in [0, 0.1) is 17.5 Å². The molecule has 1 aromatic rings. The largest absolute Gasteiger partial charge is 0.433 e. The number of carbonyl (C=O) groups excluding carboxylic acids is 1. The first-order valence-electron chi connectivity index (χ1n) is 6.26. The van der Waals surface area contributed by atoms with Crippen molar-refractivity contribution < 1.29 is 27.4 Å². The maximum absolute atomic E-state index is 13.8. The molecule has 0 fully saturated rings. The van der Waals surface area contributed by atoms with Crippen LogP contribution in [-0.4, -0.2) is 25.7 Å². The summed E-state index contributed by atoms with van der Waals surface area (Å²) in [5, 5.41) is 2.66. The summed E-state index contributed by atoms with van der Waals surface area (Å²) in [6, 6.07) is 0.182. The number of hydrogen-bond donors (Lipinski definition) is 1. The topological polar surface area (TPSA) is 59.9 Å². The van der Waals surface area contributed by atoms with E-state index in [9.17, 15) is 18.0 Å². The molecule has 1 N–H and O–H groups in total. The Morgan fingerprint density at radius 1 is 1.27 bits per heavy atom.